The summed E-state index contributed by atoms with van der Waals surface area (Å²) in [5, 5.41) is 9.45. The van der Waals surface area contributed by atoms with Gasteiger partial charge in [-0.1, -0.05) is 19.1 Å². The van der Waals surface area contributed by atoms with E-state index in [0.717, 1.165) is 19.6 Å². The maximum atomic E-state index is 9.45. The normalized spacial score (nSPS) is 25.6. The van der Waals surface area contributed by atoms with Crippen LogP contribution in [0.3, 0.4) is 0 Å². The van der Waals surface area contributed by atoms with Crippen LogP contribution in [0.1, 0.15) is 12.5 Å². The van der Waals surface area contributed by atoms with Crippen LogP contribution < -0.4 is 0 Å². The average Bonchev–Trinajstić information content (AvgIpc) is 2.59. The quantitative estimate of drug-likeness (QED) is 0.863. The molecule has 1 heterocycles. The second kappa shape index (κ2) is 5.07. The first-order valence-corrected chi connectivity index (χ1v) is 6.23. The molecule has 3 heteroatoms. The molecule has 0 saturated carbocycles. The molecule has 0 amide bonds. The summed E-state index contributed by atoms with van der Waals surface area (Å²) < 4.78 is 0. The van der Waals surface area contributed by atoms with Gasteiger partial charge in [0.2, 0.25) is 0 Å². The minimum absolute atomic E-state index is 0.360. The lowest BCUT2D eigenvalue weighted by atomic mass is 10.1. The number of hydrogen-bond donors (Lipinski definition) is 1. The molecule has 2 rings (SSSR count). The Morgan fingerprint density at radius 3 is 2.71 bits per heavy atom. The van der Waals surface area contributed by atoms with Crippen LogP contribution in [0.25, 0.3) is 0 Å². The van der Waals surface area contributed by atoms with Gasteiger partial charge in [0, 0.05) is 25.7 Å². The standard InChI is InChI=1S/C14H22N2O/c1-11-8-16(10-14(11)15(2)3)9-12-5-4-6-13(17)7-12/h4-7,11,14,17H,8-10H2,1-3H3. The van der Waals surface area contributed by atoms with Gasteiger partial charge in [-0.25, -0.2) is 0 Å². The van der Waals surface area contributed by atoms with Crippen molar-refractivity contribution in [1.29, 1.82) is 0 Å². The molecule has 1 N–H and O–H groups in total. The van der Waals surface area contributed by atoms with Crippen LogP contribution >= 0.6 is 0 Å². The molecule has 2 atom stereocenters. The Balaban J connectivity index is 1.97. The highest BCUT2D eigenvalue weighted by atomic mass is 16.3. The van der Waals surface area contributed by atoms with E-state index >= 15 is 0 Å². The fourth-order valence-electron chi connectivity index (χ4n) is 2.76. The van der Waals surface area contributed by atoms with Crippen molar-refractivity contribution in [3.63, 3.8) is 0 Å². The van der Waals surface area contributed by atoms with Crippen molar-refractivity contribution in [3.05, 3.63) is 29.8 Å². The zero-order chi connectivity index (χ0) is 12.4. The number of phenolic OH excluding ortho intramolecular Hbond substituents is 1. The minimum Gasteiger partial charge on any atom is -0.508 e. The van der Waals surface area contributed by atoms with Gasteiger partial charge in [-0.15, -0.1) is 0 Å². The molecule has 94 valence electrons. The minimum atomic E-state index is 0.360. The zero-order valence-electron chi connectivity index (χ0n) is 10.9. The van der Waals surface area contributed by atoms with Crippen molar-refractivity contribution >= 4 is 0 Å². The third-order valence-corrected chi connectivity index (χ3v) is 3.63. The summed E-state index contributed by atoms with van der Waals surface area (Å²) >= 11 is 0. The number of rotatable bonds is 3. The lowest BCUT2D eigenvalue weighted by Gasteiger charge is -2.22. The predicted octanol–water partition coefficient (Wildman–Crippen LogP) is 1.77. The van der Waals surface area contributed by atoms with Gasteiger partial charge < -0.3 is 10.0 Å². The summed E-state index contributed by atoms with van der Waals surface area (Å²) in [6.45, 7) is 5.50. The van der Waals surface area contributed by atoms with Crippen LogP contribution in [-0.2, 0) is 6.54 Å². The Morgan fingerprint density at radius 2 is 2.12 bits per heavy atom. The Kier molecular flexibility index (Phi) is 3.69. The van der Waals surface area contributed by atoms with Crippen molar-refractivity contribution < 1.29 is 5.11 Å². The fourth-order valence-corrected chi connectivity index (χ4v) is 2.76. The van der Waals surface area contributed by atoms with Gasteiger partial charge in [-0.05, 0) is 37.7 Å². The number of hydrogen-bond acceptors (Lipinski definition) is 3. The number of benzene rings is 1. The third kappa shape index (κ3) is 2.99. The van der Waals surface area contributed by atoms with Crippen molar-refractivity contribution in [2.24, 2.45) is 5.92 Å². The van der Waals surface area contributed by atoms with E-state index in [1.807, 2.05) is 12.1 Å². The van der Waals surface area contributed by atoms with Crippen molar-refractivity contribution in [2.45, 2.75) is 19.5 Å². The Hall–Kier alpha value is -1.06. The molecule has 0 spiro atoms. The first-order chi connectivity index (χ1) is 8.06. The highest BCUT2D eigenvalue weighted by Gasteiger charge is 2.30. The SMILES string of the molecule is CC1CN(Cc2cccc(O)c2)CC1N(C)C. The molecule has 0 aromatic heterocycles. The van der Waals surface area contributed by atoms with E-state index in [4.69, 9.17) is 0 Å². The van der Waals surface area contributed by atoms with Gasteiger partial charge in [-0.2, -0.15) is 0 Å². The first kappa shape index (κ1) is 12.4. The topological polar surface area (TPSA) is 26.7 Å². The first-order valence-electron chi connectivity index (χ1n) is 6.23. The molecule has 0 bridgehead atoms. The second-order valence-electron chi connectivity index (χ2n) is 5.37. The predicted molar refractivity (Wildman–Crippen MR) is 70.0 cm³/mol. The Morgan fingerprint density at radius 1 is 1.35 bits per heavy atom. The number of nitrogens with zero attached hydrogens (tertiary/aromatic N) is 2. The number of likely N-dealkylation sites (tertiary alicyclic amines) is 1. The molecule has 3 nitrogen and oxygen atoms in total. The summed E-state index contributed by atoms with van der Waals surface area (Å²) in [6, 6.07) is 8.21. The van der Waals surface area contributed by atoms with Gasteiger partial charge in [-0.3, -0.25) is 4.90 Å². The van der Waals surface area contributed by atoms with E-state index in [-0.39, 0.29) is 0 Å². The summed E-state index contributed by atoms with van der Waals surface area (Å²) in [4.78, 5) is 4.78. The van der Waals surface area contributed by atoms with Gasteiger partial charge in [0.05, 0.1) is 0 Å². The molecule has 1 aromatic carbocycles. The highest BCUT2D eigenvalue weighted by molar-refractivity contribution is 5.27. The third-order valence-electron chi connectivity index (χ3n) is 3.63. The summed E-state index contributed by atoms with van der Waals surface area (Å²) in [5.41, 5.74) is 1.19. The van der Waals surface area contributed by atoms with Gasteiger partial charge >= 0.3 is 0 Å². The van der Waals surface area contributed by atoms with E-state index < -0.39 is 0 Å². The molecular weight excluding hydrogens is 212 g/mol. The van der Waals surface area contributed by atoms with Crippen LogP contribution in [0.4, 0.5) is 0 Å². The number of aromatic hydroxyl groups is 1. The van der Waals surface area contributed by atoms with E-state index in [1.54, 1.807) is 6.07 Å². The lowest BCUT2D eigenvalue weighted by Crippen LogP contribution is -2.34. The van der Waals surface area contributed by atoms with E-state index in [1.165, 1.54) is 5.56 Å². The largest absolute Gasteiger partial charge is 0.508 e. The monoisotopic (exact) mass is 234 g/mol. The fraction of sp³-hybridized carbons (Fsp3) is 0.571. The van der Waals surface area contributed by atoms with Gasteiger partial charge in [0.25, 0.3) is 0 Å². The molecule has 1 aliphatic rings. The molecule has 1 aromatic rings. The molecule has 17 heavy (non-hydrogen) atoms. The average molecular weight is 234 g/mol. The van der Waals surface area contributed by atoms with Crippen LogP contribution in [0.2, 0.25) is 0 Å². The van der Waals surface area contributed by atoms with E-state index in [9.17, 15) is 5.11 Å². The number of likely N-dealkylation sites (N-methyl/N-ethyl adjacent to an activating group) is 1. The molecule has 0 aliphatic carbocycles. The lowest BCUT2D eigenvalue weighted by molar-refractivity contribution is 0.250. The Bertz CT molecular complexity index is 378. The smallest absolute Gasteiger partial charge is 0.115 e. The van der Waals surface area contributed by atoms with E-state index in [0.29, 0.717) is 17.7 Å². The molecule has 2 unspecified atom stereocenters. The molecule has 1 saturated heterocycles. The summed E-state index contributed by atoms with van der Waals surface area (Å²) in [6.07, 6.45) is 0. The molecule has 1 fully saturated rings. The van der Waals surface area contributed by atoms with Gasteiger partial charge in [0.1, 0.15) is 5.75 Å². The maximum Gasteiger partial charge on any atom is 0.115 e. The van der Waals surface area contributed by atoms with Crippen molar-refractivity contribution in [3.8, 4) is 5.75 Å². The van der Waals surface area contributed by atoms with Crippen LogP contribution in [0, 0.1) is 5.92 Å². The van der Waals surface area contributed by atoms with Crippen LogP contribution in [0.5, 0.6) is 5.75 Å². The second-order valence-corrected chi connectivity index (χ2v) is 5.37. The van der Waals surface area contributed by atoms with Crippen LogP contribution in [-0.4, -0.2) is 48.1 Å². The van der Waals surface area contributed by atoms with Gasteiger partial charge in [0.15, 0.2) is 0 Å². The van der Waals surface area contributed by atoms with Crippen molar-refractivity contribution in [2.75, 3.05) is 27.2 Å². The number of phenols is 1. The van der Waals surface area contributed by atoms with E-state index in [2.05, 4.69) is 36.9 Å². The Labute approximate surface area is 104 Å². The summed E-state index contributed by atoms with van der Waals surface area (Å²) in [5.74, 6) is 1.07. The van der Waals surface area contributed by atoms with Crippen molar-refractivity contribution in [1.82, 2.24) is 9.80 Å². The van der Waals surface area contributed by atoms with Crippen LogP contribution in [0.15, 0.2) is 24.3 Å². The molecular formula is C14H22N2O. The highest BCUT2D eigenvalue weighted by Crippen LogP contribution is 2.22. The molecule has 0 radical (unpaired) electrons. The summed E-state index contributed by atoms with van der Waals surface area (Å²) in [7, 11) is 4.30. The molecule has 1 aliphatic heterocycles. The zero-order valence-corrected chi connectivity index (χ0v) is 10.9. The maximum absolute atomic E-state index is 9.45.